The standard InChI is InChI=1S/C17H15NO2/c19-15-14-8-2-1-5-12(14)6-3-9-17(15)16(20-17)13-7-4-10-18-11-13/h1-2,4-5,7-8,10-11,16H,3,6,9H2/t16-,17+/m1/s1. The van der Waals surface area contributed by atoms with Crippen molar-refractivity contribution in [1.29, 1.82) is 0 Å². The van der Waals surface area contributed by atoms with Gasteiger partial charge in [-0.2, -0.15) is 0 Å². The molecule has 0 bridgehead atoms. The number of ether oxygens (including phenoxy) is 1. The van der Waals surface area contributed by atoms with Crippen molar-refractivity contribution in [3.05, 3.63) is 65.5 Å². The average molecular weight is 265 g/mol. The molecule has 3 nitrogen and oxygen atoms in total. The van der Waals surface area contributed by atoms with Gasteiger partial charge in [-0.05, 0) is 30.9 Å². The molecule has 3 heteroatoms. The van der Waals surface area contributed by atoms with Gasteiger partial charge < -0.3 is 4.74 Å². The largest absolute Gasteiger partial charge is 0.352 e. The van der Waals surface area contributed by atoms with Crippen molar-refractivity contribution in [1.82, 2.24) is 4.98 Å². The number of Topliss-reactive ketones (excluding diaryl/α,β-unsaturated/α-hetero) is 1. The maximum absolute atomic E-state index is 12.9. The number of rotatable bonds is 1. The van der Waals surface area contributed by atoms with Crippen LogP contribution in [0.25, 0.3) is 0 Å². The number of fused-ring (bicyclic) bond motifs is 1. The minimum Gasteiger partial charge on any atom is -0.352 e. The number of carbonyl (C=O) groups is 1. The number of benzene rings is 1. The highest BCUT2D eigenvalue weighted by Gasteiger charge is 2.63. The summed E-state index contributed by atoms with van der Waals surface area (Å²) in [6.45, 7) is 0. The third-order valence-corrected chi connectivity index (χ3v) is 4.32. The Hall–Kier alpha value is -2.00. The van der Waals surface area contributed by atoms with Crippen molar-refractivity contribution in [2.24, 2.45) is 0 Å². The Labute approximate surface area is 117 Å². The van der Waals surface area contributed by atoms with E-state index in [1.807, 2.05) is 36.4 Å². The van der Waals surface area contributed by atoms with Crippen LogP contribution >= 0.6 is 0 Å². The molecule has 0 saturated carbocycles. The van der Waals surface area contributed by atoms with Gasteiger partial charge in [-0.15, -0.1) is 0 Å². The van der Waals surface area contributed by atoms with Crippen LogP contribution in [0.5, 0.6) is 0 Å². The van der Waals surface area contributed by atoms with Crippen molar-refractivity contribution >= 4 is 5.78 Å². The fraction of sp³-hybridized carbons (Fsp3) is 0.294. The van der Waals surface area contributed by atoms with E-state index in [-0.39, 0.29) is 11.9 Å². The first-order chi connectivity index (χ1) is 9.81. The minimum absolute atomic E-state index is 0.130. The Morgan fingerprint density at radius 2 is 2.10 bits per heavy atom. The molecule has 1 fully saturated rings. The van der Waals surface area contributed by atoms with Crippen LogP contribution in [0.15, 0.2) is 48.8 Å². The molecule has 1 spiro atoms. The van der Waals surface area contributed by atoms with Crippen LogP contribution < -0.4 is 0 Å². The number of ketones is 1. The lowest BCUT2D eigenvalue weighted by molar-refractivity contribution is 0.0867. The normalized spacial score (nSPS) is 28.0. The van der Waals surface area contributed by atoms with E-state index >= 15 is 0 Å². The molecule has 2 heterocycles. The molecule has 1 saturated heterocycles. The first-order valence-electron chi connectivity index (χ1n) is 7.02. The van der Waals surface area contributed by atoms with Crippen molar-refractivity contribution in [2.45, 2.75) is 31.0 Å². The second-order valence-corrected chi connectivity index (χ2v) is 5.51. The van der Waals surface area contributed by atoms with Crippen molar-refractivity contribution < 1.29 is 9.53 Å². The Kier molecular flexibility index (Phi) is 2.51. The summed E-state index contributed by atoms with van der Waals surface area (Å²) in [4.78, 5) is 17.0. The molecule has 4 rings (SSSR count). The predicted molar refractivity (Wildman–Crippen MR) is 74.5 cm³/mol. The number of hydrogen-bond acceptors (Lipinski definition) is 3. The molecule has 0 radical (unpaired) electrons. The van der Waals surface area contributed by atoms with Crippen LogP contribution in [0.4, 0.5) is 0 Å². The third-order valence-electron chi connectivity index (χ3n) is 4.32. The molecular weight excluding hydrogens is 250 g/mol. The lowest BCUT2D eigenvalue weighted by Crippen LogP contribution is -2.24. The quantitative estimate of drug-likeness (QED) is 0.744. The fourth-order valence-corrected chi connectivity index (χ4v) is 3.25. The molecule has 0 unspecified atom stereocenters. The van der Waals surface area contributed by atoms with Gasteiger partial charge in [0.25, 0.3) is 0 Å². The van der Waals surface area contributed by atoms with Gasteiger partial charge >= 0.3 is 0 Å². The fourth-order valence-electron chi connectivity index (χ4n) is 3.25. The third kappa shape index (κ3) is 1.63. The van der Waals surface area contributed by atoms with E-state index in [9.17, 15) is 4.79 Å². The molecule has 100 valence electrons. The molecule has 20 heavy (non-hydrogen) atoms. The SMILES string of the molecule is O=C1c2ccccc2CCC[C@]12O[C@@H]2c1cccnc1. The van der Waals surface area contributed by atoms with Gasteiger partial charge in [0.15, 0.2) is 11.4 Å². The van der Waals surface area contributed by atoms with E-state index in [4.69, 9.17) is 4.74 Å². The van der Waals surface area contributed by atoms with Gasteiger partial charge in [-0.1, -0.05) is 30.3 Å². The van der Waals surface area contributed by atoms with E-state index in [1.165, 1.54) is 0 Å². The van der Waals surface area contributed by atoms with E-state index in [2.05, 4.69) is 4.98 Å². The minimum atomic E-state index is -0.643. The number of carbonyl (C=O) groups excluding carboxylic acids is 1. The first-order valence-corrected chi connectivity index (χ1v) is 7.02. The van der Waals surface area contributed by atoms with Gasteiger partial charge in [0.2, 0.25) is 0 Å². The van der Waals surface area contributed by atoms with E-state index in [0.717, 1.165) is 36.0 Å². The number of aryl methyl sites for hydroxylation is 1. The highest BCUT2D eigenvalue weighted by molar-refractivity contribution is 6.06. The van der Waals surface area contributed by atoms with Crippen LogP contribution in [-0.4, -0.2) is 16.4 Å². The Balaban J connectivity index is 1.73. The zero-order chi connectivity index (χ0) is 13.6. The van der Waals surface area contributed by atoms with Gasteiger partial charge in [0, 0.05) is 23.5 Å². The maximum atomic E-state index is 12.9. The lowest BCUT2D eigenvalue weighted by atomic mass is 9.89. The first kappa shape index (κ1) is 11.8. The number of pyridine rings is 1. The summed E-state index contributed by atoms with van der Waals surface area (Å²) in [6.07, 6.45) is 6.13. The van der Waals surface area contributed by atoms with Crippen molar-refractivity contribution in [2.75, 3.05) is 0 Å². The molecule has 2 aliphatic rings. The van der Waals surface area contributed by atoms with E-state index < -0.39 is 5.60 Å². The van der Waals surface area contributed by atoms with E-state index in [0.29, 0.717) is 0 Å². The molecular formula is C17H15NO2. The zero-order valence-corrected chi connectivity index (χ0v) is 11.1. The highest BCUT2D eigenvalue weighted by Crippen LogP contribution is 2.55. The molecule has 1 aromatic carbocycles. The summed E-state index contributed by atoms with van der Waals surface area (Å²) in [5, 5.41) is 0. The van der Waals surface area contributed by atoms with Crippen molar-refractivity contribution in [3.8, 4) is 0 Å². The topological polar surface area (TPSA) is 42.5 Å². The van der Waals surface area contributed by atoms with Gasteiger partial charge in [0.1, 0.15) is 6.10 Å². The van der Waals surface area contributed by atoms with Crippen LogP contribution in [0.3, 0.4) is 0 Å². The number of aromatic nitrogens is 1. The van der Waals surface area contributed by atoms with Crippen LogP contribution in [-0.2, 0) is 11.2 Å². The summed E-state index contributed by atoms with van der Waals surface area (Å²) in [5.74, 6) is 0.138. The summed E-state index contributed by atoms with van der Waals surface area (Å²) in [7, 11) is 0. The smallest absolute Gasteiger partial charge is 0.197 e. The zero-order valence-electron chi connectivity index (χ0n) is 11.1. The highest BCUT2D eigenvalue weighted by atomic mass is 16.6. The average Bonchev–Trinajstić information content (AvgIpc) is 3.25. The molecule has 2 aromatic rings. The second-order valence-electron chi connectivity index (χ2n) is 5.51. The Morgan fingerprint density at radius 1 is 1.20 bits per heavy atom. The number of hydrogen-bond donors (Lipinski definition) is 0. The lowest BCUT2D eigenvalue weighted by Gasteiger charge is -2.09. The molecule has 1 aliphatic heterocycles. The van der Waals surface area contributed by atoms with Gasteiger partial charge in [-0.25, -0.2) is 0 Å². The second kappa shape index (κ2) is 4.25. The summed E-state index contributed by atoms with van der Waals surface area (Å²) >= 11 is 0. The van der Waals surface area contributed by atoms with Crippen molar-refractivity contribution in [3.63, 3.8) is 0 Å². The Bertz CT molecular complexity index is 668. The van der Waals surface area contributed by atoms with Crippen LogP contribution in [0, 0.1) is 0 Å². The maximum Gasteiger partial charge on any atom is 0.197 e. The number of epoxide rings is 1. The van der Waals surface area contributed by atoms with Gasteiger partial charge in [0.05, 0.1) is 0 Å². The number of nitrogens with zero attached hydrogens (tertiary/aromatic N) is 1. The van der Waals surface area contributed by atoms with Gasteiger partial charge in [-0.3, -0.25) is 9.78 Å². The molecule has 2 atom stereocenters. The molecule has 0 N–H and O–H groups in total. The molecule has 1 aromatic heterocycles. The van der Waals surface area contributed by atoms with E-state index in [1.54, 1.807) is 12.4 Å². The van der Waals surface area contributed by atoms with Crippen LogP contribution in [0.1, 0.15) is 40.4 Å². The summed E-state index contributed by atoms with van der Waals surface area (Å²) in [6, 6.07) is 11.8. The summed E-state index contributed by atoms with van der Waals surface area (Å²) < 4.78 is 5.89. The molecule has 1 aliphatic carbocycles. The predicted octanol–water partition coefficient (Wildman–Crippen LogP) is 3.11. The summed E-state index contributed by atoms with van der Waals surface area (Å²) in [5.41, 5.74) is 2.33. The Morgan fingerprint density at radius 3 is 2.95 bits per heavy atom. The van der Waals surface area contributed by atoms with Crippen LogP contribution in [0.2, 0.25) is 0 Å². The monoisotopic (exact) mass is 265 g/mol. The molecule has 0 amide bonds.